The molecule has 1 aromatic heterocycles. The number of aromatic nitrogens is 1. The first kappa shape index (κ1) is 13.5. The number of aromatic amines is 1. The van der Waals surface area contributed by atoms with Gasteiger partial charge in [0.05, 0.1) is 6.04 Å². The highest BCUT2D eigenvalue weighted by Crippen LogP contribution is 2.19. The molecule has 0 aliphatic rings. The largest absolute Gasteiger partial charge is 0.361 e. The molecule has 0 saturated carbocycles. The predicted molar refractivity (Wildman–Crippen MR) is 74.4 cm³/mol. The SMILES string of the molecule is C.CN[C@H](Cc1c[nH]c2ccccc12)C(C)=O.[HH]. The number of para-hydroxylation sites is 1. The zero-order valence-corrected chi connectivity index (χ0v) is 9.58. The van der Waals surface area contributed by atoms with Gasteiger partial charge < -0.3 is 10.3 Å². The molecule has 2 aromatic rings. The molecule has 2 rings (SSSR count). The van der Waals surface area contributed by atoms with Crippen molar-refractivity contribution in [1.29, 1.82) is 0 Å². The highest BCUT2D eigenvalue weighted by Gasteiger charge is 2.14. The van der Waals surface area contributed by atoms with Crippen molar-refractivity contribution < 1.29 is 6.22 Å². The Bertz CT molecular complexity index is 507. The van der Waals surface area contributed by atoms with Crippen LogP contribution >= 0.6 is 0 Å². The lowest BCUT2D eigenvalue weighted by Crippen LogP contribution is -2.34. The summed E-state index contributed by atoms with van der Waals surface area (Å²) in [6, 6.07) is 8.04. The molecular weight excluding hydrogens is 212 g/mol. The molecular formula is C14H22N2O. The zero-order chi connectivity index (χ0) is 11.5. The predicted octanol–water partition coefficient (Wildman–Crippen LogP) is 2.77. The van der Waals surface area contributed by atoms with E-state index in [1.165, 1.54) is 10.9 Å². The summed E-state index contributed by atoms with van der Waals surface area (Å²) in [5.74, 6) is 0.174. The topological polar surface area (TPSA) is 44.9 Å². The minimum absolute atomic E-state index is 0. The lowest BCUT2D eigenvalue weighted by molar-refractivity contribution is -0.118. The van der Waals surface area contributed by atoms with E-state index < -0.39 is 0 Å². The van der Waals surface area contributed by atoms with Crippen molar-refractivity contribution >= 4 is 16.7 Å². The molecule has 2 N–H and O–H groups in total. The summed E-state index contributed by atoms with van der Waals surface area (Å²) in [4.78, 5) is 14.6. The number of carbonyl (C=O) groups is 1. The standard InChI is InChI=1S/C13H16N2O.CH4.H2/c1-9(16)13(14-2)7-10-8-15-12-6-4-3-5-11(10)12;;/h3-6,8,13-15H,7H2,1-2H3;1H4;1H/t13-;;/m1../s1. The maximum atomic E-state index is 11.4. The van der Waals surface area contributed by atoms with Gasteiger partial charge >= 0.3 is 0 Å². The van der Waals surface area contributed by atoms with Crippen LogP contribution in [0.25, 0.3) is 10.9 Å². The molecule has 1 heterocycles. The van der Waals surface area contributed by atoms with E-state index in [0.717, 1.165) is 11.9 Å². The second-order valence-electron chi connectivity index (χ2n) is 4.02. The zero-order valence-electron chi connectivity index (χ0n) is 9.58. The number of benzene rings is 1. The minimum atomic E-state index is -0.0980. The molecule has 0 radical (unpaired) electrons. The molecule has 0 spiro atoms. The van der Waals surface area contributed by atoms with Gasteiger partial charge in [-0.25, -0.2) is 0 Å². The number of nitrogens with one attached hydrogen (secondary N) is 2. The third kappa shape index (κ3) is 2.74. The van der Waals surface area contributed by atoms with Crippen molar-refractivity contribution in [2.24, 2.45) is 0 Å². The highest BCUT2D eigenvalue weighted by atomic mass is 16.1. The van der Waals surface area contributed by atoms with E-state index in [1.807, 2.05) is 31.4 Å². The fourth-order valence-electron chi connectivity index (χ4n) is 1.97. The van der Waals surface area contributed by atoms with Crippen LogP contribution in [0.4, 0.5) is 0 Å². The molecule has 0 aliphatic carbocycles. The summed E-state index contributed by atoms with van der Waals surface area (Å²) in [7, 11) is 1.82. The lowest BCUT2D eigenvalue weighted by atomic mass is 10.0. The number of H-pyrrole nitrogens is 1. The molecule has 0 amide bonds. The highest BCUT2D eigenvalue weighted by molar-refractivity contribution is 5.86. The normalized spacial score (nSPS) is 12.1. The van der Waals surface area contributed by atoms with Crippen molar-refractivity contribution in [3.63, 3.8) is 0 Å². The molecule has 0 saturated heterocycles. The second kappa shape index (κ2) is 5.64. The fourth-order valence-corrected chi connectivity index (χ4v) is 1.97. The van der Waals surface area contributed by atoms with Crippen molar-refractivity contribution in [3.05, 3.63) is 36.0 Å². The van der Waals surface area contributed by atoms with Gasteiger partial charge in [0.1, 0.15) is 5.78 Å². The molecule has 0 fully saturated rings. The number of likely N-dealkylation sites (N-methyl/N-ethyl adjacent to an activating group) is 1. The third-order valence-corrected chi connectivity index (χ3v) is 2.94. The van der Waals surface area contributed by atoms with E-state index in [4.69, 9.17) is 0 Å². The van der Waals surface area contributed by atoms with Crippen LogP contribution in [0.1, 0.15) is 21.3 Å². The van der Waals surface area contributed by atoms with Crippen LogP contribution in [-0.4, -0.2) is 23.9 Å². The van der Waals surface area contributed by atoms with Gasteiger partial charge in [0, 0.05) is 18.5 Å². The number of carbonyl (C=O) groups excluding carboxylic acids is 1. The summed E-state index contributed by atoms with van der Waals surface area (Å²) in [6.07, 6.45) is 2.72. The fraction of sp³-hybridized carbons (Fsp3) is 0.357. The Balaban J connectivity index is 0.00000144. The minimum Gasteiger partial charge on any atom is -0.361 e. The van der Waals surface area contributed by atoms with Crippen LogP contribution in [0.2, 0.25) is 0 Å². The van der Waals surface area contributed by atoms with Gasteiger partial charge in [-0.05, 0) is 32.0 Å². The monoisotopic (exact) mass is 234 g/mol. The van der Waals surface area contributed by atoms with Crippen LogP contribution in [0.15, 0.2) is 30.5 Å². The molecule has 0 aliphatic heterocycles. The Morgan fingerprint density at radius 3 is 2.82 bits per heavy atom. The maximum absolute atomic E-state index is 11.4. The molecule has 1 aromatic carbocycles. The number of hydrogen-bond acceptors (Lipinski definition) is 2. The van der Waals surface area contributed by atoms with Gasteiger partial charge in [0.2, 0.25) is 0 Å². The summed E-state index contributed by atoms with van der Waals surface area (Å²) in [5.41, 5.74) is 2.31. The van der Waals surface area contributed by atoms with Gasteiger partial charge in [-0.2, -0.15) is 0 Å². The Morgan fingerprint density at radius 2 is 2.18 bits per heavy atom. The Morgan fingerprint density at radius 1 is 1.47 bits per heavy atom. The van der Waals surface area contributed by atoms with Gasteiger partial charge in [-0.1, -0.05) is 25.6 Å². The molecule has 17 heavy (non-hydrogen) atoms. The van der Waals surface area contributed by atoms with Crippen LogP contribution in [0.5, 0.6) is 0 Å². The van der Waals surface area contributed by atoms with Crippen LogP contribution in [0, 0.1) is 0 Å². The second-order valence-corrected chi connectivity index (χ2v) is 4.02. The summed E-state index contributed by atoms with van der Waals surface area (Å²) >= 11 is 0. The first-order valence-corrected chi connectivity index (χ1v) is 5.45. The third-order valence-electron chi connectivity index (χ3n) is 2.94. The molecule has 0 unspecified atom stereocenters. The average Bonchev–Trinajstić information content (AvgIpc) is 2.69. The van der Waals surface area contributed by atoms with Crippen LogP contribution in [-0.2, 0) is 11.2 Å². The number of fused-ring (bicyclic) bond motifs is 1. The lowest BCUT2D eigenvalue weighted by Gasteiger charge is -2.11. The van der Waals surface area contributed by atoms with Crippen LogP contribution < -0.4 is 5.32 Å². The Kier molecular flexibility index (Phi) is 4.46. The number of ketones is 1. The molecule has 3 nitrogen and oxygen atoms in total. The van der Waals surface area contributed by atoms with Crippen molar-refractivity contribution in [1.82, 2.24) is 10.3 Å². The first-order valence-electron chi connectivity index (χ1n) is 5.45. The van der Waals surface area contributed by atoms with Gasteiger partial charge in [-0.15, -0.1) is 0 Å². The van der Waals surface area contributed by atoms with E-state index in [-0.39, 0.29) is 20.7 Å². The Labute approximate surface area is 104 Å². The number of hydrogen-bond donors (Lipinski definition) is 2. The maximum Gasteiger partial charge on any atom is 0.147 e. The molecule has 1 atom stereocenters. The van der Waals surface area contributed by atoms with E-state index >= 15 is 0 Å². The number of Topliss-reactive ketones (excluding diaryl/α,β-unsaturated/α-hetero) is 1. The van der Waals surface area contributed by atoms with Crippen molar-refractivity contribution in [2.75, 3.05) is 7.05 Å². The van der Waals surface area contributed by atoms with E-state index in [0.29, 0.717) is 0 Å². The van der Waals surface area contributed by atoms with Crippen molar-refractivity contribution in [2.45, 2.75) is 26.8 Å². The molecule has 0 bridgehead atoms. The smallest absolute Gasteiger partial charge is 0.147 e. The molecule has 94 valence electrons. The van der Waals surface area contributed by atoms with Crippen LogP contribution in [0.3, 0.4) is 0 Å². The van der Waals surface area contributed by atoms with Crippen molar-refractivity contribution in [3.8, 4) is 0 Å². The van der Waals surface area contributed by atoms with Gasteiger partial charge in [0.25, 0.3) is 0 Å². The van der Waals surface area contributed by atoms with E-state index in [9.17, 15) is 4.79 Å². The van der Waals surface area contributed by atoms with E-state index in [2.05, 4.69) is 16.4 Å². The number of rotatable bonds is 4. The first-order chi connectivity index (χ1) is 7.72. The van der Waals surface area contributed by atoms with Gasteiger partial charge in [-0.3, -0.25) is 4.79 Å². The quantitative estimate of drug-likeness (QED) is 0.854. The Hall–Kier alpha value is -1.61. The van der Waals surface area contributed by atoms with Gasteiger partial charge in [0.15, 0.2) is 0 Å². The summed E-state index contributed by atoms with van der Waals surface area (Å²) < 4.78 is 0. The van der Waals surface area contributed by atoms with E-state index in [1.54, 1.807) is 6.92 Å². The summed E-state index contributed by atoms with van der Waals surface area (Å²) in [5, 5.41) is 4.24. The average molecular weight is 234 g/mol. The molecule has 3 heteroatoms. The summed E-state index contributed by atoms with van der Waals surface area (Å²) in [6.45, 7) is 1.62.